The molecule has 0 spiro atoms. The monoisotopic (exact) mass is 257 g/mol. The van der Waals surface area contributed by atoms with Gasteiger partial charge in [-0.15, -0.1) is 11.3 Å². The summed E-state index contributed by atoms with van der Waals surface area (Å²) in [6, 6.07) is 13.0. The highest BCUT2D eigenvalue weighted by Crippen LogP contribution is 2.39. The quantitative estimate of drug-likeness (QED) is 0.757. The molecule has 0 radical (unpaired) electrons. The first-order valence-corrected chi connectivity index (χ1v) is 7.03. The summed E-state index contributed by atoms with van der Waals surface area (Å²) >= 11 is 1.56. The molecule has 0 fully saturated rings. The number of para-hydroxylation sites is 1. The summed E-state index contributed by atoms with van der Waals surface area (Å²) in [5.74, 6) is 0. The van der Waals surface area contributed by atoms with Gasteiger partial charge in [0.25, 0.3) is 0 Å². The smallest absolute Gasteiger partial charge is 0.160 e. The second-order valence-electron chi connectivity index (χ2n) is 4.68. The Kier molecular flexibility index (Phi) is 2.92. The molecule has 0 N–H and O–H groups in total. The van der Waals surface area contributed by atoms with Gasteiger partial charge in [0.05, 0.1) is 9.88 Å². The molecule has 1 unspecified atom stereocenters. The molecule has 1 aliphatic rings. The largest absolute Gasteiger partial charge is 0.330 e. The predicted octanol–water partition coefficient (Wildman–Crippen LogP) is 4.03. The number of thiophene rings is 1. The fourth-order valence-electron chi connectivity index (χ4n) is 2.56. The number of hydrogen-bond acceptors (Lipinski definition) is 3. The number of nitrogens with zero attached hydrogens (tertiary/aromatic N) is 1. The van der Waals surface area contributed by atoms with E-state index in [0.29, 0.717) is 6.04 Å². The molecule has 2 heterocycles. The van der Waals surface area contributed by atoms with Crippen LogP contribution in [-0.4, -0.2) is 12.3 Å². The molecule has 1 aromatic carbocycles. The zero-order valence-electron chi connectivity index (χ0n) is 10.3. The molecule has 3 heteroatoms. The third-order valence-corrected chi connectivity index (χ3v) is 4.50. The highest BCUT2D eigenvalue weighted by atomic mass is 32.1. The van der Waals surface area contributed by atoms with Crippen molar-refractivity contribution in [2.75, 3.05) is 4.90 Å². The summed E-state index contributed by atoms with van der Waals surface area (Å²) in [5.41, 5.74) is 2.69. The number of hydrogen-bond donors (Lipinski definition) is 0. The lowest BCUT2D eigenvalue weighted by Crippen LogP contribution is -2.32. The predicted molar refractivity (Wildman–Crippen MR) is 76.1 cm³/mol. The van der Waals surface area contributed by atoms with Gasteiger partial charge in [0.2, 0.25) is 0 Å². The fourth-order valence-corrected chi connectivity index (χ4v) is 3.50. The lowest BCUT2D eigenvalue weighted by Gasteiger charge is -2.36. The van der Waals surface area contributed by atoms with Crippen LogP contribution in [0.5, 0.6) is 0 Å². The van der Waals surface area contributed by atoms with Crippen molar-refractivity contribution in [1.29, 1.82) is 0 Å². The van der Waals surface area contributed by atoms with Gasteiger partial charge in [0, 0.05) is 11.7 Å². The van der Waals surface area contributed by atoms with Gasteiger partial charge in [-0.05, 0) is 43.5 Å². The maximum Gasteiger partial charge on any atom is 0.160 e. The molecular formula is C15H15NOS. The molecule has 18 heavy (non-hydrogen) atoms. The van der Waals surface area contributed by atoms with Crippen molar-refractivity contribution in [3.63, 3.8) is 0 Å². The molecular weight excluding hydrogens is 242 g/mol. The average Bonchev–Trinajstić information content (AvgIpc) is 2.87. The molecule has 1 aromatic heterocycles. The summed E-state index contributed by atoms with van der Waals surface area (Å²) in [4.78, 5) is 14.0. The Balaban J connectivity index is 2.07. The van der Waals surface area contributed by atoms with E-state index in [9.17, 15) is 4.79 Å². The molecule has 0 saturated carbocycles. The lowest BCUT2D eigenvalue weighted by molar-refractivity contribution is 0.112. The first-order valence-electron chi connectivity index (χ1n) is 6.22. The maximum absolute atomic E-state index is 10.8. The summed E-state index contributed by atoms with van der Waals surface area (Å²) in [6.45, 7) is 2.25. The number of carbonyl (C=O) groups is 1. The van der Waals surface area contributed by atoms with Crippen LogP contribution in [0, 0.1) is 0 Å². The van der Waals surface area contributed by atoms with E-state index >= 15 is 0 Å². The van der Waals surface area contributed by atoms with Crippen molar-refractivity contribution in [3.8, 4) is 0 Å². The maximum atomic E-state index is 10.8. The van der Waals surface area contributed by atoms with E-state index in [1.807, 2.05) is 12.1 Å². The number of benzene rings is 1. The van der Waals surface area contributed by atoms with Crippen LogP contribution < -0.4 is 4.90 Å². The van der Waals surface area contributed by atoms with E-state index in [2.05, 4.69) is 36.1 Å². The van der Waals surface area contributed by atoms with E-state index in [0.717, 1.165) is 29.0 Å². The van der Waals surface area contributed by atoms with Crippen LogP contribution in [0.4, 0.5) is 10.7 Å². The fraction of sp³-hybridized carbons (Fsp3) is 0.267. The van der Waals surface area contributed by atoms with Crippen LogP contribution in [-0.2, 0) is 6.42 Å². The Hall–Kier alpha value is -1.61. The van der Waals surface area contributed by atoms with E-state index in [1.165, 1.54) is 11.3 Å². The third kappa shape index (κ3) is 1.85. The Morgan fingerprint density at radius 3 is 2.89 bits per heavy atom. The molecule has 92 valence electrons. The third-order valence-electron chi connectivity index (χ3n) is 3.49. The summed E-state index contributed by atoms with van der Waals surface area (Å²) in [7, 11) is 0. The highest BCUT2D eigenvalue weighted by Gasteiger charge is 2.24. The number of fused-ring (bicyclic) bond motifs is 1. The second kappa shape index (κ2) is 4.58. The summed E-state index contributed by atoms with van der Waals surface area (Å²) < 4.78 is 0. The Bertz CT molecular complexity index is 575. The van der Waals surface area contributed by atoms with Gasteiger partial charge in [-0.25, -0.2) is 0 Å². The Morgan fingerprint density at radius 2 is 2.11 bits per heavy atom. The molecule has 1 atom stereocenters. The van der Waals surface area contributed by atoms with Crippen molar-refractivity contribution in [1.82, 2.24) is 0 Å². The Morgan fingerprint density at radius 1 is 1.28 bits per heavy atom. The summed E-state index contributed by atoms with van der Waals surface area (Å²) in [5, 5.41) is 1.16. The van der Waals surface area contributed by atoms with Crippen molar-refractivity contribution in [3.05, 3.63) is 46.8 Å². The second-order valence-corrected chi connectivity index (χ2v) is 5.77. The molecule has 0 amide bonds. The number of aryl methyl sites for hydroxylation is 1. The van der Waals surface area contributed by atoms with Gasteiger partial charge >= 0.3 is 0 Å². The van der Waals surface area contributed by atoms with Gasteiger partial charge < -0.3 is 4.90 Å². The van der Waals surface area contributed by atoms with Crippen molar-refractivity contribution >= 4 is 28.3 Å². The van der Waals surface area contributed by atoms with Gasteiger partial charge in [-0.2, -0.15) is 0 Å². The van der Waals surface area contributed by atoms with Crippen LogP contribution in [0.1, 0.15) is 28.6 Å². The minimum atomic E-state index is 0.484. The zero-order chi connectivity index (χ0) is 12.5. The lowest BCUT2D eigenvalue weighted by atomic mass is 9.97. The molecule has 2 aromatic rings. The molecule has 3 rings (SSSR count). The first kappa shape index (κ1) is 11.5. The molecule has 0 saturated heterocycles. The zero-order valence-corrected chi connectivity index (χ0v) is 11.1. The van der Waals surface area contributed by atoms with E-state index in [4.69, 9.17) is 0 Å². The van der Waals surface area contributed by atoms with Gasteiger partial charge in [0.15, 0.2) is 6.29 Å². The number of aldehydes is 1. The molecule has 1 aliphatic heterocycles. The minimum Gasteiger partial charge on any atom is -0.330 e. The normalized spacial score (nSPS) is 18.5. The van der Waals surface area contributed by atoms with Crippen LogP contribution in [0.3, 0.4) is 0 Å². The van der Waals surface area contributed by atoms with Gasteiger partial charge in [-0.1, -0.05) is 18.2 Å². The van der Waals surface area contributed by atoms with Crippen LogP contribution >= 0.6 is 11.3 Å². The number of rotatable bonds is 2. The van der Waals surface area contributed by atoms with E-state index in [-0.39, 0.29) is 0 Å². The van der Waals surface area contributed by atoms with Gasteiger partial charge in [0.1, 0.15) is 0 Å². The number of anilines is 2. The highest BCUT2D eigenvalue weighted by molar-refractivity contribution is 7.17. The van der Waals surface area contributed by atoms with Crippen molar-refractivity contribution in [2.24, 2.45) is 0 Å². The molecule has 2 nitrogen and oxygen atoms in total. The Labute approximate surface area is 111 Å². The van der Waals surface area contributed by atoms with Crippen LogP contribution in [0.2, 0.25) is 0 Å². The van der Waals surface area contributed by atoms with Crippen LogP contribution in [0.15, 0.2) is 36.4 Å². The van der Waals surface area contributed by atoms with E-state index in [1.54, 1.807) is 11.3 Å². The average molecular weight is 257 g/mol. The first-order chi connectivity index (χ1) is 8.79. The number of carbonyl (C=O) groups excluding carboxylic acids is 1. The standard InChI is InChI=1S/C15H15NOS/c1-11-6-7-12-4-2-3-5-14(12)16(11)15-9-8-13(10-17)18-15/h2-5,8-11H,6-7H2,1H3. The van der Waals surface area contributed by atoms with E-state index < -0.39 is 0 Å². The topological polar surface area (TPSA) is 20.3 Å². The van der Waals surface area contributed by atoms with Crippen molar-refractivity contribution < 1.29 is 4.79 Å². The van der Waals surface area contributed by atoms with Gasteiger partial charge in [-0.3, -0.25) is 4.79 Å². The SMILES string of the molecule is CC1CCc2ccccc2N1c1ccc(C=O)s1. The minimum absolute atomic E-state index is 0.484. The summed E-state index contributed by atoms with van der Waals surface area (Å²) in [6.07, 6.45) is 3.22. The molecule has 0 bridgehead atoms. The van der Waals surface area contributed by atoms with Crippen LogP contribution in [0.25, 0.3) is 0 Å². The molecule has 0 aliphatic carbocycles. The van der Waals surface area contributed by atoms with Crippen molar-refractivity contribution in [2.45, 2.75) is 25.8 Å².